The highest BCUT2D eigenvalue weighted by atomic mass is 35.5. The molecule has 1 unspecified atom stereocenters. The molecule has 33 heavy (non-hydrogen) atoms. The third-order valence-corrected chi connectivity index (χ3v) is 8.10. The van der Waals surface area contributed by atoms with Crippen LogP contribution in [0, 0.1) is 5.92 Å². The van der Waals surface area contributed by atoms with Gasteiger partial charge in [-0.25, -0.2) is 4.98 Å². The fourth-order valence-electron chi connectivity index (χ4n) is 4.90. The maximum atomic E-state index is 13.3. The van der Waals surface area contributed by atoms with E-state index in [9.17, 15) is 4.79 Å². The summed E-state index contributed by atoms with van der Waals surface area (Å²) in [5.74, 6) is 0.308. The molecule has 0 amide bonds. The Bertz CT molecular complexity index is 1400. The monoisotopic (exact) mass is 473 g/mol. The molecule has 6 heteroatoms. The van der Waals surface area contributed by atoms with Crippen LogP contribution in [-0.2, 0) is 0 Å². The van der Waals surface area contributed by atoms with Crippen LogP contribution in [0.4, 0.5) is 0 Å². The third kappa shape index (κ3) is 4.05. The second kappa shape index (κ2) is 8.56. The Balaban J connectivity index is 1.27. The van der Waals surface area contributed by atoms with Crippen LogP contribution in [0.25, 0.3) is 26.4 Å². The maximum Gasteiger partial charge on any atom is 0.275 e. The normalized spacial score (nSPS) is 20.5. The van der Waals surface area contributed by atoms with Crippen LogP contribution in [0.15, 0.2) is 83.0 Å². The number of benzene rings is 1. The van der Waals surface area contributed by atoms with Gasteiger partial charge in [0.1, 0.15) is 11.0 Å². The Morgan fingerprint density at radius 3 is 2.76 bits per heavy atom. The van der Waals surface area contributed by atoms with Crippen molar-refractivity contribution in [3.63, 3.8) is 0 Å². The maximum absolute atomic E-state index is 13.3. The number of halogens is 1. The molecule has 0 saturated carbocycles. The topological polar surface area (TPSA) is 38.1 Å². The lowest BCUT2D eigenvalue weighted by molar-refractivity contribution is 0.370. The molecule has 1 fully saturated rings. The van der Waals surface area contributed by atoms with Gasteiger partial charge in [0, 0.05) is 28.1 Å². The number of fused-ring (bicyclic) bond motifs is 2. The smallest absolute Gasteiger partial charge is 0.275 e. The first-order valence-corrected chi connectivity index (χ1v) is 12.6. The van der Waals surface area contributed by atoms with Gasteiger partial charge in [-0.15, -0.1) is 11.3 Å². The summed E-state index contributed by atoms with van der Waals surface area (Å²) in [5, 5.41) is 0.700. The number of allylic oxidation sites excluding steroid dienone is 6. The van der Waals surface area contributed by atoms with E-state index in [4.69, 9.17) is 11.6 Å². The minimum atomic E-state index is -0.0189. The van der Waals surface area contributed by atoms with Crippen LogP contribution in [0.3, 0.4) is 0 Å². The Morgan fingerprint density at radius 2 is 1.94 bits per heavy atom. The third-order valence-electron chi connectivity index (χ3n) is 6.68. The predicted octanol–water partition coefficient (Wildman–Crippen LogP) is 6.16. The minimum Gasteiger partial charge on any atom is -0.299 e. The van der Waals surface area contributed by atoms with Gasteiger partial charge in [-0.2, -0.15) is 0 Å². The van der Waals surface area contributed by atoms with E-state index < -0.39 is 0 Å². The first-order chi connectivity index (χ1) is 16.1. The lowest BCUT2D eigenvalue weighted by atomic mass is 9.84. The number of rotatable bonds is 4. The zero-order valence-electron chi connectivity index (χ0n) is 18.2. The summed E-state index contributed by atoms with van der Waals surface area (Å²) in [4.78, 5) is 21.5. The van der Waals surface area contributed by atoms with E-state index in [2.05, 4.69) is 34.2 Å². The van der Waals surface area contributed by atoms with Crippen molar-refractivity contribution in [3.8, 4) is 10.4 Å². The summed E-state index contributed by atoms with van der Waals surface area (Å²) < 4.78 is 2.36. The molecule has 1 aromatic carbocycles. The zero-order chi connectivity index (χ0) is 22.4. The molecule has 2 aromatic heterocycles. The molecule has 3 aliphatic rings. The van der Waals surface area contributed by atoms with Crippen molar-refractivity contribution in [3.05, 3.63) is 93.6 Å². The molecule has 2 aliphatic carbocycles. The van der Waals surface area contributed by atoms with Crippen molar-refractivity contribution in [1.82, 2.24) is 14.5 Å². The predicted molar refractivity (Wildman–Crippen MR) is 138 cm³/mol. The summed E-state index contributed by atoms with van der Waals surface area (Å²) in [6.45, 7) is 3.48. The van der Waals surface area contributed by atoms with Gasteiger partial charge in [-0.1, -0.05) is 48.0 Å². The van der Waals surface area contributed by atoms with Crippen molar-refractivity contribution < 1.29 is 0 Å². The summed E-state index contributed by atoms with van der Waals surface area (Å²) in [5.41, 5.74) is 5.40. The molecular weight excluding hydrogens is 450 g/mol. The van der Waals surface area contributed by atoms with Gasteiger partial charge in [0.05, 0.1) is 5.52 Å². The lowest BCUT2D eigenvalue weighted by Crippen LogP contribution is -2.23. The molecular formula is C27H24ClN3OS. The van der Waals surface area contributed by atoms with Gasteiger partial charge in [0.25, 0.3) is 5.56 Å². The van der Waals surface area contributed by atoms with E-state index in [1.54, 1.807) is 10.9 Å². The van der Waals surface area contributed by atoms with Crippen LogP contribution in [0.2, 0.25) is 5.02 Å². The van der Waals surface area contributed by atoms with Gasteiger partial charge >= 0.3 is 0 Å². The molecule has 166 valence electrons. The van der Waals surface area contributed by atoms with E-state index in [1.807, 2.05) is 36.4 Å². The number of hydrogen-bond acceptors (Lipinski definition) is 4. The van der Waals surface area contributed by atoms with Gasteiger partial charge in [0.2, 0.25) is 0 Å². The first-order valence-electron chi connectivity index (χ1n) is 11.4. The number of aromatic nitrogens is 2. The van der Waals surface area contributed by atoms with Crippen LogP contribution < -0.4 is 5.56 Å². The van der Waals surface area contributed by atoms with Crippen LogP contribution in [0.5, 0.6) is 0 Å². The van der Waals surface area contributed by atoms with Gasteiger partial charge in [-0.3, -0.25) is 14.3 Å². The fourth-order valence-corrected chi connectivity index (χ4v) is 6.07. The molecule has 0 bridgehead atoms. The van der Waals surface area contributed by atoms with E-state index in [0.29, 0.717) is 15.6 Å². The standard InChI is InChI=1S/C27H24ClN3OS/c28-22-8-5-19(6-9-22)25-15-24-26(33-25)27(32)31(17-29-24)23-10-7-20-13-18(3-4-21(20)14-23)16-30-11-1-2-12-30/h3,5-10,13-15,17,21H,1-2,4,11-12,16H2. The molecule has 3 heterocycles. The molecule has 0 N–H and O–H groups in total. The fraction of sp³-hybridized carbons (Fsp3) is 0.259. The van der Waals surface area contributed by atoms with Crippen molar-refractivity contribution in [1.29, 1.82) is 0 Å². The average molecular weight is 474 g/mol. The molecule has 1 atom stereocenters. The molecule has 0 radical (unpaired) electrons. The van der Waals surface area contributed by atoms with Crippen LogP contribution in [-0.4, -0.2) is 34.1 Å². The summed E-state index contributed by atoms with van der Waals surface area (Å²) in [6, 6.07) is 9.66. The van der Waals surface area contributed by atoms with Crippen molar-refractivity contribution >= 4 is 38.9 Å². The van der Waals surface area contributed by atoms with Crippen LogP contribution in [0.1, 0.15) is 19.3 Å². The van der Waals surface area contributed by atoms with Gasteiger partial charge < -0.3 is 0 Å². The van der Waals surface area contributed by atoms with Gasteiger partial charge in [0.15, 0.2) is 0 Å². The Kier molecular flexibility index (Phi) is 5.41. The molecule has 1 saturated heterocycles. The van der Waals surface area contributed by atoms with Crippen molar-refractivity contribution in [2.45, 2.75) is 19.3 Å². The Morgan fingerprint density at radius 1 is 1.12 bits per heavy atom. The molecule has 0 spiro atoms. The minimum absolute atomic E-state index is 0.0189. The summed E-state index contributed by atoms with van der Waals surface area (Å²) in [7, 11) is 0. The van der Waals surface area contributed by atoms with E-state index in [1.165, 1.54) is 48.4 Å². The average Bonchev–Trinajstić information content (AvgIpc) is 3.50. The van der Waals surface area contributed by atoms with Crippen molar-refractivity contribution in [2.75, 3.05) is 19.6 Å². The summed E-state index contributed by atoms with van der Waals surface area (Å²) >= 11 is 7.50. The highest BCUT2D eigenvalue weighted by Gasteiger charge is 2.21. The van der Waals surface area contributed by atoms with E-state index >= 15 is 0 Å². The van der Waals surface area contributed by atoms with E-state index in [0.717, 1.165) is 34.6 Å². The Hall–Kier alpha value is -2.73. The number of nitrogens with zero attached hydrogens (tertiary/aromatic N) is 3. The molecule has 6 rings (SSSR count). The van der Waals surface area contributed by atoms with Gasteiger partial charge in [-0.05, 0) is 73.3 Å². The number of hydrogen-bond donors (Lipinski definition) is 0. The molecule has 3 aromatic rings. The largest absolute Gasteiger partial charge is 0.299 e. The van der Waals surface area contributed by atoms with Crippen molar-refractivity contribution in [2.24, 2.45) is 5.92 Å². The molecule has 1 aliphatic heterocycles. The second-order valence-electron chi connectivity index (χ2n) is 8.93. The van der Waals surface area contributed by atoms with Crippen LogP contribution >= 0.6 is 22.9 Å². The number of thiophene rings is 1. The quantitative estimate of drug-likeness (QED) is 0.455. The second-order valence-corrected chi connectivity index (χ2v) is 10.4. The number of likely N-dealkylation sites (tertiary alicyclic amines) is 1. The van der Waals surface area contributed by atoms with E-state index in [-0.39, 0.29) is 5.56 Å². The highest BCUT2D eigenvalue weighted by molar-refractivity contribution is 7.22. The molecule has 4 nitrogen and oxygen atoms in total. The highest BCUT2D eigenvalue weighted by Crippen LogP contribution is 2.34. The zero-order valence-corrected chi connectivity index (χ0v) is 19.8. The lowest BCUT2D eigenvalue weighted by Gasteiger charge is -2.25. The first kappa shape index (κ1) is 20.8. The SMILES string of the molecule is O=c1c2sc(-c3ccc(Cl)cc3)cc2ncn1C1=CC2CC=C(CN3CCCC3)C=C2C=C1. The summed E-state index contributed by atoms with van der Waals surface area (Å²) in [6.07, 6.45) is 16.4. The Labute approximate surface area is 201 Å².